The van der Waals surface area contributed by atoms with Gasteiger partial charge in [-0.2, -0.15) is 0 Å². The van der Waals surface area contributed by atoms with Crippen LogP contribution in [-0.4, -0.2) is 50.8 Å². The highest BCUT2D eigenvalue weighted by Crippen LogP contribution is 2.24. The van der Waals surface area contributed by atoms with Gasteiger partial charge in [0.15, 0.2) is 0 Å². The van der Waals surface area contributed by atoms with Crippen molar-refractivity contribution in [2.45, 2.75) is 12.6 Å². The minimum absolute atomic E-state index is 0. The third kappa shape index (κ3) is 4.74. The average molecular weight is 335 g/mol. The van der Waals surface area contributed by atoms with Crippen molar-refractivity contribution in [1.82, 2.24) is 10.2 Å². The molecule has 1 aliphatic heterocycles. The van der Waals surface area contributed by atoms with E-state index >= 15 is 0 Å². The van der Waals surface area contributed by atoms with E-state index in [-0.39, 0.29) is 18.3 Å². The Kier molecular flexibility index (Phi) is 7.25. The lowest BCUT2D eigenvalue weighted by Gasteiger charge is -2.27. The van der Waals surface area contributed by atoms with Gasteiger partial charge in [0.2, 0.25) is 0 Å². The molecule has 0 aromatic heterocycles. The number of ether oxygens (including phenoxy) is 2. The zero-order chi connectivity index (χ0) is 14.5. The van der Waals surface area contributed by atoms with Crippen LogP contribution in [0.4, 0.5) is 0 Å². The predicted octanol–water partition coefficient (Wildman–Crippen LogP) is 1.72. The summed E-state index contributed by atoms with van der Waals surface area (Å²) in [6, 6.07) is 5.37. The number of likely N-dealkylation sites (N-methyl/N-ethyl adjacent to an activating group) is 1. The van der Waals surface area contributed by atoms with Crippen LogP contribution in [0.2, 0.25) is 5.02 Å². The summed E-state index contributed by atoms with van der Waals surface area (Å²) in [5.74, 6) is 0.677. The molecule has 0 spiro atoms. The molecule has 2 rings (SSSR count). The van der Waals surface area contributed by atoms with Gasteiger partial charge >= 0.3 is 0 Å². The molecule has 1 amide bonds. The number of carbonyl (C=O) groups is 1. The van der Waals surface area contributed by atoms with Gasteiger partial charge in [0.05, 0.1) is 13.7 Å². The number of nitrogens with one attached hydrogen (secondary N) is 1. The van der Waals surface area contributed by atoms with Crippen LogP contribution in [-0.2, 0) is 16.1 Å². The molecule has 1 aromatic rings. The van der Waals surface area contributed by atoms with Crippen molar-refractivity contribution in [2.24, 2.45) is 0 Å². The van der Waals surface area contributed by atoms with E-state index in [0.29, 0.717) is 24.7 Å². The molecule has 5 nitrogen and oxygen atoms in total. The van der Waals surface area contributed by atoms with Gasteiger partial charge in [-0.1, -0.05) is 11.6 Å². The standard InChI is InChI=1S/C14H19ClN2O3.ClH/c1-17(14(18)13-8-16-5-6-20-13)9-10-7-11(15)3-4-12(10)19-2;/h3-4,7,13,16H,5-6,8-9H2,1-2H3;1H. The van der Waals surface area contributed by atoms with Crippen LogP contribution in [0.1, 0.15) is 5.56 Å². The number of methoxy groups -OCH3 is 1. The van der Waals surface area contributed by atoms with Crippen molar-refractivity contribution in [1.29, 1.82) is 0 Å². The van der Waals surface area contributed by atoms with Crippen LogP contribution in [0.3, 0.4) is 0 Å². The van der Waals surface area contributed by atoms with E-state index < -0.39 is 6.10 Å². The molecular weight excluding hydrogens is 315 g/mol. The number of halogens is 2. The highest BCUT2D eigenvalue weighted by molar-refractivity contribution is 6.30. The van der Waals surface area contributed by atoms with Crippen molar-refractivity contribution in [2.75, 3.05) is 33.9 Å². The number of rotatable bonds is 4. The zero-order valence-corrected chi connectivity index (χ0v) is 13.7. The molecule has 1 saturated heterocycles. The van der Waals surface area contributed by atoms with E-state index in [4.69, 9.17) is 21.1 Å². The highest BCUT2D eigenvalue weighted by Gasteiger charge is 2.25. The summed E-state index contributed by atoms with van der Waals surface area (Å²) < 4.78 is 10.8. The Labute approximate surface area is 135 Å². The molecule has 0 radical (unpaired) electrons. The second-order valence-corrected chi connectivity index (χ2v) is 5.15. The first-order valence-corrected chi connectivity index (χ1v) is 6.89. The lowest BCUT2D eigenvalue weighted by atomic mass is 10.1. The van der Waals surface area contributed by atoms with E-state index in [9.17, 15) is 4.79 Å². The van der Waals surface area contributed by atoms with Crippen LogP contribution >= 0.6 is 24.0 Å². The number of hydrogen-bond donors (Lipinski definition) is 1. The Balaban J connectivity index is 0.00000220. The fourth-order valence-electron chi connectivity index (χ4n) is 2.17. The predicted molar refractivity (Wildman–Crippen MR) is 84.3 cm³/mol. The van der Waals surface area contributed by atoms with Crippen LogP contribution in [0.5, 0.6) is 5.75 Å². The van der Waals surface area contributed by atoms with Crippen LogP contribution in [0.25, 0.3) is 0 Å². The lowest BCUT2D eigenvalue weighted by molar-refractivity contribution is -0.144. The van der Waals surface area contributed by atoms with Gasteiger partial charge in [0, 0.05) is 37.3 Å². The molecule has 21 heavy (non-hydrogen) atoms. The minimum atomic E-state index is -0.418. The largest absolute Gasteiger partial charge is 0.496 e. The summed E-state index contributed by atoms with van der Waals surface area (Å²) in [6.07, 6.45) is -0.418. The van der Waals surface area contributed by atoms with Gasteiger partial charge < -0.3 is 19.7 Å². The Morgan fingerprint density at radius 1 is 1.57 bits per heavy atom. The maximum atomic E-state index is 12.3. The quantitative estimate of drug-likeness (QED) is 0.910. The molecule has 1 aliphatic rings. The molecule has 1 aromatic carbocycles. The second kappa shape index (κ2) is 8.44. The second-order valence-electron chi connectivity index (χ2n) is 4.71. The SMILES string of the molecule is COc1ccc(Cl)cc1CN(C)C(=O)C1CNCCO1.Cl. The minimum Gasteiger partial charge on any atom is -0.496 e. The maximum Gasteiger partial charge on any atom is 0.253 e. The van der Waals surface area contributed by atoms with Crippen molar-refractivity contribution < 1.29 is 14.3 Å². The lowest BCUT2D eigenvalue weighted by Crippen LogP contribution is -2.48. The summed E-state index contributed by atoms with van der Waals surface area (Å²) in [5.41, 5.74) is 0.875. The van der Waals surface area contributed by atoms with E-state index in [1.165, 1.54) is 0 Å². The molecule has 1 fully saturated rings. The molecule has 1 atom stereocenters. The Hall–Kier alpha value is -1.01. The number of benzene rings is 1. The van der Waals surface area contributed by atoms with Crippen LogP contribution in [0, 0.1) is 0 Å². The topological polar surface area (TPSA) is 50.8 Å². The smallest absolute Gasteiger partial charge is 0.253 e. The maximum absolute atomic E-state index is 12.3. The Morgan fingerprint density at radius 2 is 2.33 bits per heavy atom. The van der Waals surface area contributed by atoms with Gasteiger partial charge in [-0.15, -0.1) is 12.4 Å². The van der Waals surface area contributed by atoms with Gasteiger partial charge in [0.25, 0.3) is 5.91 Å². The molecule has 1 heterocycles. The summed E-state index contributed by atoms with van der Waals surface area (Å²) in [5, 5.41) is 3.77. The van der Waals surface area contributed by atoms with E-state index in [0.717, 1.165) is 17.9 Å². The number of amides is 1. The zero-order valence-electron chi connectivity index (χ0n) is 12.1. The third-order valence-electron chi connectivity index (χ3n) is 3.23. The number of hydrogen-bond acceptors (Lipinski definition) is 4. The molecule has 118 valence electrons. The highest BCUT2D eigenvalue weighted by atomic mass is 35.5. The Morgan fingerprint density at radius 3 is 2.95 bits per heavy atom. The first-order chi connectivity index (χ1) is 9.61. The van der Waals surface area contributed by atoms with Crippen molar-refractivity contribution in [3.63, 3.8) is 0 Å². The van der Waals surface area contributed by atoms with Crippen molar-refractivity contribution >= 4 is 29.9 Å². The van der Waals surface area contributed by atoms with E-state index in [1.807, 2.05) is 6.07 Å². The number of carbonyl (C=O) groups excluding carboxylic acids is 1. The van der Waals surface area contributed by atoms with Crippen molar-refractivity contribution in [3.8, 4) is 5.75 Å². The third-order valence-corrected chi connectivity index (χ3v) is 3.46. The molecular formula is C14H20Cl2N2O3. The summed E-state index contributed by atoms with van der Waals surface area (Å²) in [4.78, 5) is 13.9. The monoisotopic (exact) mass is 334 g/mol. The van der Waals surface area contributed by atoms with Gasteiger partial charge in [-0.25, -0.2) is 0 Å². The average Bonchev–Trinajstić information content (AvgIpc) is 2.47. The van der Waals surface area contributed by atoms with Gasteiger partial charge in [-0.05, 0) is 18.2 Å². The molecule has 1 unspecified atom stereocenters. The first kappa shape index (κ1) is 18.0. The van der Waals surface area contributed by atoms with Gasteiger partial charge in [-0.3, -0.25) is 4.79 Å². The first-order valence-electron chi connectivity index (χ1n) is 6.51. The fourth-order valence-corrected chi connectivity index (χ4v) is 2.37. The normalized spacial score (nSPS) is 17.8. The molecule has 0 saturated carbocycles. The van der Waals surface area contributed by atoms with E-state index in [2.05, 4.69) is 5.32 Å². The fraction of sp³-hybridized carbons (Fsp3) is 0.500. The van der Waals surface area contributed by atoms with Crippen LogP contribution < -0.4 is 10.1 Å². The molecule has 0 bridgehead atoms. The van der Waals surface area contributed by atoms with Crippen molar-refractivity contribution in [3.05, 3.63) is 28.8 Å². The Bertz CT molecular complexity index is 479. The summed E-state index contributed by atoms with van der Waals surface area (Å²) in [6.45, 7) is 2.33. The number of nitrogens with zero attached hydrogens (tertiary/aromatic N) is 1. The summed E-state index contributed by atoms with van der Waals surface area (Å²) >= 11 is 5.99. The number of morpholine rings is 1. The van der Waals surface area contributed by atoms with E-state index in [1.54, 1.807) is 31.2 Å². The molecule has 1 N–H and O–H groups in total. The molecule has 0 aliphatic carbocycles. The van der Waals surface area contributed by atoms with Crippen LogP contribution in [0.15, 0.2) is 18.2 Å². The van der Waals surface area contributed by atoms with Gasteiger partial charge in [0.1, 0.15) is 11.9 Å². The summed E-state index contributed by atoms with van der Waals surface area (Å²) in [7, 11) is 3.35. The molecule has 7 heteroatoms.